The number of amides is 1. The van der Waals surface area contributed by atoms with Gasteiger partial charge in [-0.15, -0.1) is 6.42 Å². The first-order chi connectivity index (χ1) is 9.56. The summed E-state index contributed by atoms with van der Waals surface area (Å²) in [5.41, 5.74) is 1.00. The lowest BCUT2D eigenvalue weighted by Crippen LogP contribution is -2.38. The largest absolute Gasteiger partial charge is 0.507 e. The Hall–Kier alpha value is -2.48. The number of rotatable bonds is 3. The summed E-state index contributed by atoms with van der Waals surface area (Å²) in [6.07, 6.45) is 4.89. The molecule has 2 rings (SSSR count). The van der Waals surface area contributed by atoms with E-state index in [1.165, 1.54) is 6.07 Å². The van der Waals surface area contributed by atoms with Crippen molar-refractivity contribution in [3.8, 4) is 18.1 Å². The fourth-order valence-electron chi connectivity index (χ4n) is 1.99. The van der Waals surface area contributed by atoms with E-state index in [4.69, 9.17) is 11.2 Å². The van der Waals surface area contributed by atoms with Crippen LogP contribution in [-0.4, -0.2) is 35.6 Å². The zero-order chi connectivity index (χ0) is 14.7. The Morgan fingerprint density at radius 3 is 2.95 bits per heavy atom. The molecule has 5 nitrogen and oxygen atoms in total. The van der Waals surface area contributed by atoms with E-state index in [0.717, 1.165) is 0 Å². The molecule has 0 bridgehead atoms. The summed E-state index contributed by atoms with van der Waals surface area (Å²) in [7, 11) is 0. The fraction of sp³-hybridized carbons (Fsp3) is 0.333. The topological polar surface area (TPSA) is 70.9 Å². The van der Waals surface area contributed by atoms with Crippen LogP contribution >= 0.6 is 0 Å². The second-order valence-electron chi connectivity index (χ2n) is 4.47. The fourth-order valence-corrected chi connectivity index (χ4v) is 1.99. The van der Waals surface area contributed by atoms with Crippen molar-refractivity contribution in [2.75, 3.05) is 6.54 Å². The van der Waals surface area contributed by atoms with Crippen LogP contribution in [0.15, 0.2) is 23.2 Å². The molecule has 2 atom stereocenters. The Morgan fingerprint density at radius 2 is 2.35 bits per heavy atom. The van der Waals surface area contributed by atoms with Gasteiger partial charge in [0.05, 0.1) is 5.56 Å². The molecular formula is C15H16N2O3. The van der Waals surface area contributed by atoms with Crippen LogP contribution in [0.5, 0.6) is 5.75 Å². The molecule has 0 aliphatic carbocycles. The minimum Gasteiger partial charge on any atom is -0.507 e. The minimum atomic E-state index is -0.600. The molecule has 1 amide bonds. The minimum absolute atomic E-state index is 0.0112. The van der Waals surface area contributed by atoms with Gasteiger partial charge >= 0.3 is 0 Å². The van der Waals surface area contributed by atoms with E-state index in [0.29, 0.717) is 17.7 Å². The van der Waals surface area contributed by atoms with Crippen LogP contribution in [-0.2, 0) is 9.53 Å². The molecule has 0 saturated heterocycles. The summed E-state index contributed by atoms with van der Waals surface area (Å²) in [4.78, 5) is 16.1. The van der Waals surface area contributed by atoms with Crippen LogP contribution < -0.4 is 5.32 Å². The van der Waals surface area contributed by atoms with Crippen molar-refractivity contribution >= 4 is 11.8 Å². The van der Waals surface area contributed by atoms with Crippen LogP contribution in [0.25, 0.3) is 0 Å². The predicted octanol–water partition coefficient (Wildman–Crippen LogP) is 1.04. The Morgan fingerprint density at radius 1 is 1.60 bits per heavy atom. The van der Waals surface area contributed by atoms with Gasteiger partial charge in [-0.05, 0) is 32.0 Å². The molecule has 1 aliphatic heterocycles. The zero-order valence-corrected chi connectivity index (χ0v) is 11.4. The second kappa shape index (κ2) is 5.66. The first kappa shape index (κ1) is 13.9. The Kier molecular flexibility index (Phi) is 3.94. The van der Waals surface area contributed by atoms with Gasteiger partial charge < -0.3 is 15.2 Å². The van der Waals surface area contributed by atoms with E-state index in [9.17, 15) is 9.90 Å². The van der Waals surface area contributed by atoms with Gasteiger partial charge in [-0.1, -0.05) is 5.92 Å². The van der Waals surface area contributed by atoms with Crippen molar-refractivity contribution in [2.24, 2.45) is 4.99 Å². The number of benzene rings is 1. The van der Waals surface area contributed by atoms with Crippen LogP contribution in [0.4, 0.5) is 0 Å². The highest BCUT2D eigenvalue weighted by molar-refractivity contribution is 6.00. The van der Waals surface area contributed by atoms with Gasteiger partial charge in [-0.25, -0.2) is 4.99 Å². The van der Waals surface area contributed by atoms with Crippen molar-refractivity contribution < 1.29 is 14.6 Å². The number of carbonyl (C=O) groups is 1. The highest BCUT2D eigenvalue weighted by atomic mass is 16.5. The number of likely N-dealkylation sites (N-methyl/N-ethyl adjacent to an activating group) is 1. The number of nitrogens with zero attached hydrogens (tertiary/aromatic N) is 1. The molecule has 2 N–H and O–H groups in total. The van der Waals surface area contributed by atoms with Crippen LogP contribution in [0.1, 0.15) is 25.0 Å². The molecule has 0 fully saturated rings. The lowest BCUT2D eigenvalue weighted by Gasteiger charge is -2.12. The Bertz CT molecular complexity index is 602. The van der Waals surface area contributed by atoms with Crippen molar-refractivity contribution in [3.63, 3.8) is 0 Å². The van der Waals surface area contributed by atoms with E-state index in [-0.39, 0.29) is 23.7 Å². The molecule has 0 radical (unpaired) electrons. The van der Waals surface area contributed by atoms with Crippen molar-refractivity contribution in [1.29, 1.82) is 0 Å². The number of hydrogen-bond acceptors (Lipinski definition) is 4. The molecule has 0 saturated carbocycles. The van der Waals surface area contributed by atoms with Gasteiger partial charge in [0.1, 0.15) is 11.9 Å². The van der Waals surface area contributed by atoms with Crippen molar-refractivity contribution in [3.05, 3.63) is 29.3 Å². The zero-order valence-electron chi connectivity index (χ0n) is 11.4. The number of terminal acetylenes is 1. The summed E-state index contributed by atoms with van der Waals surface area (Å²) in [5, 5.41) is 12.6. The first-order valence-corrected chi connectivity index (χ1v) is 6.39. The maximum Gasteiger partial charge on any atom is 0.248 e. The van der Waals surface area contributed by atoms with Gasteiger partial charge in [0.15, 0.2) is 6.04 Å². The monoisotopic (exact) mass is 272 g/mol. The summed E-state index contributed by atoms with van der Waals surface area (Å²) in [6, 6.07) is 4.18. The normalized spacial score (nSPS) is 20.8. The molecule has 104 valence electrons. The molecule has 1 aliphatic rings. The molecule has 1 aromatic carbocycles. The maximum absolute atomic E-state index is 11.8. The number of aromatic hydroxyl groups is 1. The molecule has 20 heavy (non-hydrogen) atoms. The van der Waals surface area contributed by atoms with Gasteiger partial charge in [-0.2, -0.15) is 0 Å². The third kappa shape index (κ3) is 2.59. The van der Waals surface area contributed by atoms with Crippen molar-refractivity contribution in [1.82, 2.24) is 5.32 Å². The number of aliphatic imine (C=N–C) groups is 1. The molecule has 0 spiro atoms. The summed E-state index contributed by atoms with van der Waals surface area (Å²) in [5.74, 6) is 2.50. The van der Waals surface area contributed by atoms with Crippen LogP contribution in [0, 0.1) is 12.3 Å². The molecular weight excluding hydrogens is 256 g/mol. The Balaban J connectivity index is 2.28. The average molecular weight is 272 g/mol. The summed E-state index contributed by atoms with van der Waals surface area (Å²) in [6.45, 7) is 4.14. The van der Waals surface area contributed by atoms with Crippen LogP contribution in [0.3, 0.4) is 0 Å². The third-order valence-corrected chi connectivity index (χ3v) is 3.01. The van der Waals surface area contributed by atoms with E-state index < -0.39 is 6.04 Å². The van der Waals surface area contributed by atoms with E-state index >= 15 is 0 Å². The maximum atomic E-state index is 11.8. The molecule has 0 aromatic heterocycles. The SMILES string of the molecule is C#Cc1ccc(C2=NC(C(=O)NCC)C(C)O2)c(O)c1. The van der Waals surface area contributed by atoms with Gasteiger partial charge in [-0.3, -0.25) is 4.79 Å². The molecule has 1 heterocycles. The summed E-state index contributed by atoms with van der Waals surface area (Å²) < 4.78 is 5.56. The van der Waals surface area contributed by atoms with Gasteiger partial charge in [0, 0.05) is 12.1 Å². The second-order valence-corrected chi connectivity index (χ2v) is 4.47. The Labute approximate surface area is 117 Å². The third-order valence-electron chi connectivity index (χ3n) is 3.01. The number of carbonyl (C=O) groups excluding carboxylic acids is 1. The predicted molar refractivity (Wildman–Crippen MR) is 75.6 cm³/mol. The molecule has 1 aromatic rings. The van der Waals surface area contributed by atoms with E-state index in [1.54, 1.807) is 19.1 Å². The molecule has 2 unspecified atom stereocenters. The number of ether oxygens (including phenoxy) is 1. The van der Waals surface area contributed by atoms with Crippen molar-refractivity contribution in [2.45, 2.75) is 26.0 Å². The average Bonchev–Trinajstić information content (AvgIpc) is 2.80. The summed E-state index contributed by atoms with van der Waals surface area (Å²) >= 11 is 0. The standard InChI is InChI=1S/C15H16N2O3/c1-4-10-6-7-11(12(18)8-10)15-17-13(9(3)20-15)14(19)16-5-2/h1,6-9,13,18H,5H2,2-3H3,(H,16,19). The highest BCUT2D eigenvalue weighted by Crippen LogP contribution is 2.25. The van der Waals surface area contributed by atoms with E-state index in [2.05, 4.69) is 16.2 Å². The number of nitrogens with one attached hydrogen (secondary N) is 1. The smallest absolute Gasteiger partial charge is 0.248 e. The van der Waals surface area contributed by atoms with Gasteiger partial charge in [0.2, 0.25) is 11.8 Å². The van der Waals surface area contributed by atoms with Crippen LogP contribution in [0.2, 0.25) is 0 Å². The number of phenols is 1. The van der Waals surface area contributed by atoms with E-state index in [1.807, 2.05) is 6.92 Å². The highest BCUT2D eigenvalue weighted by Gasteiger charge is 2.34. The lowest BCUT2D eigenvalue weighted by atomic mass is 10.1. The molecule has 5 heteroatoms. The quantitative estimate of drug-likeness (QED) is 0.808. The van der Waals surface area contributed by atoms with Gasteiger partial charge in [0.25, 0.3) is 0 Å². The number of hydrogen-bond donors (Lipinski definition) is 2. The first-order valence-electron chi connectivity index (χ1n) is 6.39. The number of phenolic OH excluding ortho intramolecular Hbond substituents is 1. The lowest BCUT2D eigenvalue weighted by molar-refractivity contribution is -0.123.